The van der Waals surface area contributed by atoms with Crippen LogP contribution in [0.3, 0.4) is 0 Å². The van der Waals surface area contributed by atoms with Crippen LogP contribution in [0.1, 0.15) is 24.7 Å². The highest BCUT2D eigenvalue weighted by atomic mass is 19.3. The Kier molecular flexibility index (Phi) is 4.82. The van der Waals surface area contributed by atoms with E-state index < -0.39 is 23.8 Å². The van der Waals surface area contributed by atoms with Gasteiger partial charge in [-0.15, -0.1) is 0 Å². The van der Waals surface area contributed by atoms with Crippen molar-refractivity contribution in [1.29, 1.82) is 0 Å². The lowest BCUT2D eigenvalue weighted by Crippen LogP contribution is -2.10. The highest BCUT2D eigenvalue weighted by Crippen LogP contribution is 2.35. The van der Waals surface area contributed by atoms with Gasteiger partial charge in [0, 0.05) is 6.07 Å². The number of ether oxygens (including phenoxy) is 2. The number of methoxy groups -OCH3 is 1. The van der Waals surface area contributed by atoms with Crippen molar-refractivity contribution in [3.63, 3.8) is 0 Å². The molecule has 0 radical (unpaired) electrons. The maximum Gasteiger partial charge on any atom is 0.311 e. The minimum absolute atomic E-state index is 0.0541. The number of carbonyl (C=O) groups excluding carboxylic acids is 1. The first-order valence-corrected chi connectivity index (χ1v) is 5.20. The van der Waals surface area contributed by atoms with Crippen molar-refractivity contribution in [2.75, 3.05) is 13.7 Å². The van der Waals surface area contributed by atoms with Crippen molar-refractivity contribution in [3.8, 4) is 11.5 Å². The Morgan fingerprint density at radius 2 is 2.22 bits per heavy atom. The van der Waals surface area contributed by atoms with E-state index >= 15 is 0 Å². The van der Waals surface area contributed by atoms with Gasteiger partial charge in [-0.1, -0.05) is 0 Å². The lowest BCUT2D eigenvalue weighted by atomic mass is 10.2. The molecule has 1 aromatic rings. The summed E-state index contributed by atoms with van der Waals surface area (Å²) in [4.78, 5) is 14.7. The van der Waals surface area contributed by atoms with Gasteiger partial charge in [-0.25, -0.2) is 13.8 Å². The molecule has 0 fully saturated rings. The van der Waals surface area contributed by atoms with Crippen LogP contribution in [0.25, 0.3) is 0 Å². The molecule has 18 heavy (non-hydrogen) atoms. The number of aromatic hydroxyl groups is 1. The van der Waals surface area contributed by atoms with E-state index in [0.29, 0.717) is 0 Å². The number of rotatable bonds is 5. The third-order valence-electron chi connectivity index (χ3n) is 2.10. The number of aromatic nitrogens is 1. The minimum atomic E-state index is -2.96. The molecule has 0 atom stereocenters. The van der Waals surface area contributed by atoms with E-state index in [2.05, 4.69) is 9.72 Å². The first kappa shape index (κ1) is 14.1. The van der Waals surface area contributed by atoms with Gasteiger partial charge in [0.15, 0.2) is 17.2 Å². The van der Waals surface area contributed by atoms with Crippen molar-refractivity contribution < 1.29 is 28.2 Å². The largest absolute Gasteiger partial charge is 0.503 e. The summed E-state index contributed by atoms with van der Waals surface area (Å²) in [7, 11) is 1.22. The third kappa shape index (κ3) is 3.28. The lowest BCUT2D eigenvalue weighted by molar-refractivity contribution is -0.142. The van der Waals surface area contributed by atoms with E-state index in [4.69, 9.17) is 4.74 Å². The number of hydrogen-bond donors (Lipinski definition) is 1. The number of alkyl halides is 2. The number of hydrogen-bond acceptors (Lipinski definition) is 5. The minimum Gasteiger partial charge on any atom is -0.503 e. The monoisotopic (exact) mass is 261 g/mol. The van der Waals surface area contributed by atoms with Crippen molar-refractivity contribution in [2.24, 2.45) is 0 Å². The molecule has 0 unspecified atom stereocenters. The van der Waals surface area contributed by atoms with E-state index in [1.807, 2.05) is 0 Å². The molecule has 0 saturated carbocycles. The van der Waals surface area contributed by atoms with Gasteiger partial charge in [-0.05, 0) is 6.92 Å². The van der Waals surface area contributed by atoms with Crippen LogP contribution in [0.2, 0.25) is 0 Å². The summed E-state index contributed by atoms with van der Waals surface area (Å²) in [6, 6.07) is 1.22. The number of nitrogens with zero attached hydrogens (tertiary/aromatic N) is 1. The summed E-state index contributed by atoms with van der Waals surface area (Å²) < 4.78 is 34.7. The Hall–Kier alpha value is -1.92. The van der Waals surface area contributed by atoms with Crippen molar-refractivity contribution >= 4 is 5.97 Å². The second-order valence-electron chi connectivity index (χ2n) is 3.33. The topological polar surface area (TPSA) is 68.7 Å². The van der Waals surface area contributed by atoms with Crippen LogP contribution in [0.5, 0.6) is 11.5 Å². The molecule has 7 heteroatoms. The smallest absolute Gasteiger partial charge is 0.311 e. The second kappa shape index (κ2) is 6.13. The van der Waals surface area contributed by atoms with Crippen LogP contribution in [-0.4, -0.2) is 29.8 Å². The number of pyridine rings is 1. The van der Waals surface area contributed by atoms with Crippen LogP contribution < -0.4 is 4.74 Å². The molecule has 0 saturated heterocycles. The first-order chi connectivity index (χ1) is 8.49. The standard InChI is InChI=1S/C11H13F2NO4/c1-3-18-8(15)5-6-4-7(17-2)10(16)9(14-6)11(12)13/h4,11,16H,3,5H2,1-2H3. The number of esters is 1. The van der Waals surface area contributed by atoms with E-state index in [-0.39, 0.29) is 24.5 Å². The quantitative estimate of drug-likeness (QED) is 0.819. The maximum atomic E-state index is 12.6. The molecule has 1 aromatic heterocycles. The van der Waals surface area contributed by atoms with Crippen LogP contribution in [-0.2, 0) is 16.0 Å². The molecule has 0 aliphatic heterocycles. The zero-order valence-corrected chi connectivity index (χ0v) is 9.94. The molecule has 0 spiro atoms. The molecule has 1 rings (SSSR count). The average molecular weight is 261 g/mol. The summed E-state index contributed by atoms with van der Waals surface area (Å²) in [6.45, 7) is 1.82. The molecule has 1 heterocycles. The Labute approximate surface area is 102 Å². The average Bonchev–Trinajstić information content (AvgIpc) is 2.31. The molecular weight excluding hydrogens is 248 g/mol. The SMILES string of the molecule is CCOC(=O)Cc1cc(OC)c(O)c(C(F)F)n1. The van der Waals surface area contributed by atoms with Crippen LogP contribution >= 0.6 is 0 Å². The lowest BCUT2D eigenvalue weighted by Gasteiger charge is -2.10. The Balaban J connectivity index is 3.06. The van der Waals surface area contributed by atoms with E-state index in [1.165, 1.54) is 13.2 Å². The fourth-order valence-corrected chi connectivity index (χ4v) is 1.34. The van der Waals surface area contributed by atoms with Gasteiger partial charge in [-0.3, -0.25) is 4.79 Å². The number of halogens is 2. The van der Waals surface area contributed by atoms with Crippen LogP contribution in [0.4, 0.5) is 8.78 Å². The van der Waals surface area contributed by atoms with Crippen molar-refractivity contribution in [2.45, 2.75) is 19.8 Å². The van der Waals surface area contributed by atoms with Gasteiger partial charge in [0.05, 0.1) is 25.8 Å². The number of carbonyl (C=O) groups is 1. The van der Waals surface area contributed by atoms with Gasteiger partial charge in [-0.2, -0.15) is 0 Å². The Morgan fingerprint density at radius 3 is 2.72 bits per heavy atom. The predicted octanol–water partition coefficient (Wildman–Crippen LogP) is 1.84. The van der Waals surface area contributed by atoms with E-state index in [9.17, 15) is 18.7 Å². The van der Waals surface area contributed by atoms with Gasteiger partial charge in [0.1, 0.15) is 0 Å². The molecule has 0 aliphatic carbocycles. The molecule has 0 aliphatic rings. The third-order valence-corrected chi connectivity index (χ3v) is 2.10. The summed E-state index contributed by atoms with van der Waals surface area (Å²) in [5.74, 6) is -1.46. The molecule has 0 bridgehead atoms. The summed E-state index contributed by atoms with van der Waals surface area (Å²) in [5, 5.41) is 9.44. The van der Waals surface area contributed by atoms with Crippen LogP contribution in [0.15, 0.2) is 6.07 Å². The Bertz CT molecular complexity index is 437. The highest BCUT2D eigenvalue weighted by Gasteiger charge is 2.21. The maximum absolute atomic E-state index is 12.6. The molecule has 100 valence electrons. The van der Waals surface area contributed by atoms with Crippen LogP contribution in [0, 0.1) is 0 Å². The van der Waals surface area contributed by atoms with Gasteiger partial charge in [0.2, 0.25) is 0 Å². The fourth-order valence-electron chi connectivity index (χ4n) is 1.34. The summed E-state index contributed by atoms with van der Waals surface area (Å²) >= 11 is 0. The highest BCUT2D eigenvalue weighted by molar-refractivity contribution is 5.72. The Morgan fingerprint density at radius 1 is 1.56 bits per heavy atom. The summed E-state index contributed by atoms with van der Waals surface area (Å²) in [5.41, 5.74) is -0.757. The van der Waals surface area contributed by atoms with E-state index in [1.54, 1.807) is 6.92 Å². The first-order valence-electron chi connectivity index (χ1n) is 5.20. The predicted molar refractivity (Wildman–Crippen MR) is 57.7 cm³/mol. The van der Waals surface area contributed by atoms with Gasteiger partial charge >= 0.3 is 5.97 Å². The normalized spacial score (nSPS) is 10.5. The summed E-state index contributed by atoms with van der Waals surface area (Å²) in [6.07, 6.45) is -3.22. The van der Waals surface area contributed by atoms with E-state index in [0.717, 1.165) is 0 Å². The fraction of sp³-hybridized carbons (Fsp3) is 0.455. The molecule has 0 amide bonds. The van der Waals surface area contributed by atoms with Gasteiger partial charge in [0.25, 0.3) is 6.43 Å². The molecule has 0 aromatic carbocycles. The van der Waals surface area contributed by atoms with Gasteiger partial charge < -0.3 is 14.6 Å². The zero-order valence-electron chi connectivity index (χ0n) is 9.94. The zero-order chi connectivity index (χ0) is 13.7. The molecule has 1 N–H and O–H groups in total. The molecule has 5 nitrogen and oxygen atoms in total. The second-order valence-corrected chi connectivity index (χ2v) is 3.33. The van der Waals surface area contributed by atoms with Crippen molar-refractivity contribution in [3.05, 3.63) is 17.5 Å². The molecular formula is C11H13F2NO4. The van der Waals surface area contributed by atoms with Crippen molar-refractivity contribution in [1.82, 2.24) is 4.98 Å².